The third-order valence-corrected chi connectivity index (χ3v) is 24.1. The number of amides is 2. The highest BCUT2D eigenvalue weighted by atomic mass is 31.2. The van der Waals surface area contributed by atoms with Crippen LogP contribution in [0, 0.1) is 0 Å². The van der Waals surface area contributed by atoms with Crippen LogP contribution in [0.2, 0.25) is 0 Å². The predicted molar refractivity (Wildman–Crippen MR) is 470 cm³/mol. The Hall–Kier alpha value is -3.39. The van der Waals surface area contributed by atoms with Crippen LogP contribution in [0.3, 0.4) is 0 Å². The molecule has 119 heavy (non-hydrogen) atoms. The zero-order valence-corrected chi connectivity index (χ0v) is 76.8. The third kappa shape index (κ3) is 59.3. The normalized spacial score (nSPS) is 20.5. The lowest BCUT2D eigenvalue weighted by Gasteiger charge is -2.46. The van der Waals surface area contributed by atoms with Gasteiger partial charge in [0.2, 0.25) is 11.8 Å². The minimum Gasteiger partial charge on any atom is -0.462 e. The average molecular weight is 1720 g/mol. The quantitative estimate of drug-likeness (QED) is 0.0118. The number of phosphoric ester groups is 1. The molecule has 9 N–H and O–H groups in total. The number of aliphatic hydroxyl groups excluding tert-OH is 5. The van der Waals surface area contributed by atoms with E-state index in [-0.39, 0.29) is 25.7 Å². The van der Waals surface area contributed by atoms with Gasteiger partial charge in [0.05, 0.1) is 51.1 Å². The summed E-state index contributed by atoms with van der Waals surface area (Å²) in [5.74, 6) is -4.56. The molecule has 0 aliphatic carbocycles. The molecule has 2 heterocycles. The molecule has 2 fully saturated rings. The number of rotatable bonds is 82. The van der Waals surface area contributed by atoms with Crippen LogP contribution in [0.1, 0.15) is 465 Å². The van der Waals surface area contributed by atoms with Crippen molar-refractivity contribution in [3.8, 4) is 0 Å². The van der Waals surface area contributed by atoms with Crippen molar-refractivity contribution in [2.75, 3.05) is 13.2 Å². The molecule has 2 aliphatic heterocycles. The van der Waals surface area contributed by atoms with Gasteiger partial charge >= 0.3 is 31.7 Å². The van der Waals surface area contributed by atoms with Gasteiger partial charge < -0.3 is 79.1 Å². The van der Waals surface area contributed by atoms with Crippen LogP contribution in [0.5, 0.6) is 0 Å². The fourth-order valence-corrected chi connectivity index (χ4v) is 16.9. The summed E-state index contributed by atoms with van der Waals surface area (Å²) >= 11 is 0. The molecular formula is C94H177N2O22P. The molecule has 4 unspecified atom stereocenters. The Morgan fingerprint density at radius 1 is 0.353 bits per heavy atom. The first-order chi connectivity index (χ1) is 57.6. The molecule has 0 spiro atoms. The van der Waals surface area contributed by atoms with Gasteiger partial charge in [-0.1, -0.05) is 375 Å². The number of hydrogen-bond acceptors (Lipinski definition) is 20. The molecule has 0 radical (unpaired) electrons. The fourth-order valence-electron chi connectivity index (χ4n) is 16.4. The summed E-state index contributed by atoms with van der Waals surface area (Å²) in [6.07, 6.45) is 38.1. The van der Waals surface area contributed by atoms with Crippen molar-refractivity contribution in [2.24, 2.45) is 0 Å². The van der Waals surface area contributed by atoms with Gasteiger partial charge in [-0.05, 0) is 51.4 Å². The minimum atomic E-state index is -5.62. The standard InChI is InChI=1S/C94H177N2O22P/c1-7-13-19-25-31-37-38-44-50-56-62-68-84(103)113-78(66-60-54-48-42-35-29-23-17-11-5)72-86(105)117-92-88(96-82(101)71-77(65-59-53-47-41-34-28-22-16-10-4)112-83(102)67-61-55-49-43-36-30-24-18-12-6)94(115-79(73-97)90(92)118-119(108,109)110)111-74-80-89(106)91(116-85(104)70-76(99)64-58-52-46-40-33-27-21-15-9-3)87(93(107)114-80)95-81(100)69-75(98)63-57-51-45-39-32-26-20-14-8-2/h75-80,87-94,97-99,106-107H,7-74H2,1-6H3,(H,95,100)(H,96,101)(H2,108,109,110)/t75-,76-,77-,78-,79?,80?,87?,88+,89-,90-,91-,92?,93+,94-/m1/s1. The fraction of sp³-hybridized carbons (Fsp3) is 0.936. The van der Waals surface area contributed by atoms with E-state index in [9.17, 15) is 63.9 Å². The molecule has 24 nitrogen and oxygen atoms in total. The largest absolute Gasteiger partial charge is 0.470 e. The van der Waals surface area contributed by atoms with Crippen LogP contribution in [-0.4, -0.2) is 170 Å². The van der Waals surface area contributed by atoms with Crippen LogP contribution < -0.4 is 10.6 Å². The molecule has 0 bridgehead atoms. The number of ether oxygens (including phenoxy) is 7. The van der Waals surface area contributed by atoms with Gasteiger partial charge in [-0.25, -0.2) is 4.57 Å². The summed E-state index contributed by atoms with van der Waals surface area (Å²) in [5, 5.41) is 63.2. The first kappa shape index (κ1) is 112. The summed E-state index contributed by atoms with van der Waals surface area (Å²) < 4.78 is 61.8. The summed E-state index contributed by atoms with van der Waals surface area (Å²) in [5.41, 5.74) is 0. The van der Waals surface area contributed by atoms with Gasteiger partial charge in [-0.15, -0.1) is 0 Å². The molecule has 2 aliphatic rings. The number of unbranched alkanes of at least 4 members (excludes halogenated alkanes) is 50. The number of aliphatic hydroxyl groups is 5. The number of esters is 4. The van der Waals surface area contributed by atoms with Gasteiger partial charge in [0.25, 0.3) is 0 Å². The van der Waals surface area contributed by atoms with Crippen molar-refractivity contribution < 1.29 is 106 Å². The van der Waals surface area contributed by atoms with Gasteiger partial charge in [-0.2, -0.15) is 0 Å². The van der Waals surface area contributed by atoms with Crippen molar-refractivity contribution in [2.45, 2.75) is 551 Å². The Bertz CT molecular complexity index is 2520. The molecule has 25 heteroatoms. The van der Waals surface area contributed by atoms with Crippen molar-refractivity contribution in [1.29, 1.82) is 0 Å². The number of carbonyl (C=O) groups excluding carboxylic acids is 6. The second-order valence-electron chi connectivity index (χ2n) is 35.0. The summed E-state index contributed by atoms with van der Waals surface area (Å²) in [7, 11) is -5.62. The number of carbonyl (C=O) groups is 6. The first-order valence-electron chi connectivity index (χ1n) is 49.0. The van der Waals surface area contributed by atoms with Crippen LogP contribution in [0.4, 0.5) is 0 Å². The second-order valence-corrected chi connectivity index (χ2v) is 36.1. The van der Waals surface area contributed by atoms with Crippen LogP contribution in [0.15, 0.2) is 0 Å². The molecule has 2 rings (SSSR count). The second kappa shape index (κ2) is 74.8. The van der Waals surface area contributed by atoms with Gasteiger partial charge in [0.1, 0.15) is 48.7 Å². The highest BCUT2D eigenvalue weighted by Crippen LogP contribution is 2.43. The molecule has 0 aromatic carbocycles. The Kier molecular flexibility index (Phi) is 70.2. The molecule has 0 saturated carbocycles. The molecule has 14 atom stereocenters. The summed E-state index contributed by atoms with van der Waals surface area (Å²) in [4.78, 5) is 107. The zero-order valence-electron chi connectivity index (χ0n) is 75.9. The lowest BCUT2D eigenvalue weighted by atomic mass is 9.95. The predicted octanol–water partition coefficient (Wildman–Crippen LogP) is 20.5. The Morgan fingerprint density at radius 2 is 0.664 bits per heavy atom. The maximum atomic E-state index is 15.1. The van der Waals surface area contributed by atoms with Crippen LogP contribution in [-0.2, 0) is 71.0 Å². The van der Waals surface area contributed by atoms with E-state index in [0.717, 1.165) is 205 Å². The maximum absolute atomic E-state index is 15.1. The number of nitrogens with one attached hydrogen (secondary N) is 2. The Balaban J connectivity index is 2.73. The zero-order chi connectivity index (χ0) is 87.2. The van der Waals surface area contributed by atoms with E-state index in [1.807, 2.05) is 0 Å². The molecule has 2 amide bonds. The van der Waals surface area contributed by atoms with Crippen LogP contribution in [0.25, 0.3) is 0 Å². The monoisotopic (exact) mass is 1720 g/mol. The van der Waals surface area contributed by atoms with Crippen LogP contribution >= 0.6 is 7.82 Å². The van der Waals surface area contributed by atoms with Crippen molar-refractivity contribution in [1.82, 2.24) is 10.6 Å². The molecule has 2 saturated heterocycles. The van der Waals surface area contributed by atoms with E-state index in [4.69, 9.17) is 37.7 Å². The van der Waals surface area contributed by atoms with E-state index in [0.29, 0.717) is 51.4 Å². The summed E-state index contributed by atoms with van der Waals surface area (Å²) in [6, 6.07) is -3.47. The summed E-state index contributed by atoms with van der Waals surface area (Å²) in [6.45, 7) is 11.2. The minimum absolute atomic E-state index is 0.111. The van der Waals surface area contributed by atoms with Gasteiger partial charge in [-0.3, -0.25) is 33.3 Å². The maximum Gasteiger partial charge on any atom is 0.470 e. The van der Waals surface area contributed by atoms with Crippen molar-refractivity contribution in [3.05, 3.63) is 0 Å². The van der Waals surface area contributed by atoms with Gasteiger partial charge in [0.15, 0.2) is 24.8 Å². The smallest absolute Gasteiger partial charge is 0.462 e. The Morgan fingerprint density at radius 3 is 1.03 bits per heavy atom. The molecule has 700 valence electrons. The number of hydrogen-bond donors (Lipinski definition) is 9. The highest BCUT2D eigenvalue weighted by Gasteiger charge is 2.54. The Labute approximate surface area is 721 Å². The topological polar surface area (TPSA) is 359 Å². The molecule has 0 aromatic rings. The molecular weight excluding hydrogens is 1540 g/mol. The van der Waals surface area contributed by atoms with E-state index in [2.05, 4.69) is 52.2 Å². The SMILES string of the molecule is CCCCCCCCCCCCCC(=O)O[C@H](CCCCCCCCCCC)CC(=O)OC1[C@H](OP(=O)(O)O)C(CO)O[C@@H](OCC2O[C@H](O)C(NC(=O)C[C@H](O)CCCCCCCCCCC)[C@@H](OC(=O)C[C@H](O)CCCCCCCCCCC)[C@@H]2O)[C@H]1NC(=O)C[C@@H](CCCCCCCCCCC)OC(=O)CCCCCCCCCCC. The van der Waals surface area contributed by atoms with E-state index in [1.54, 1.807) is 0 Å². The lowest BCUT2D eigenvalue weighted by Crippen LogP contribution is -2.68. The van der Waals surface area contributed by atoms with E-state index >= 15 is 4.79 Å². The highest BCUT2D eigenvalue weighted by molar-refractivity contribution is 7.46. The number of phosphoric acid groups is 1. The first-order valence-corrected chi connectivity index (χ1v) is 50.5. The average Bonchev–Trinajstić information content (AvgIpc) is 0.777. The third-order valence-electron chi connectivity index (χ3n) is 23.6. The van der Waals surface area contributed by atoms with E-state index in [1.165, 1.54) is 116 Å². The van der Waals surface area contributed by atoms with E-state index < -0.39 is 168 Å². The van der Waals surface area contributed by atoms with Crippen molar-refractivity contribution >= 4 is 43.5 Å². The molecule has 0 aromatic heterocycles. The van der Waals surface area contributed by atoms with Gasteiger partial charge in [0, 0.05) is 12.8 Å². The van der Waals surface area contributed by atoms with Crippen molar-refractivity contribution in [3.63, 3.8) is 0 Å². The lowest BCUT2D eigenvalue weighted by molar-refractivity contribution is -0.298.